The van der Waals surface area contributed by atoms with Gasteiger partial charge in [-0.15, -0.1) is 0 Å². The Balaban J connectivity index is 1.94. The fraction of sp³-hybridized carbons (Fsp3) is 0.548. The first-order chi connectivity index (χ1) is 46.8. The van der Waals surface area contributed by atoms with Crippen LogP contribution in [0.15, 0.2) is 54.6 Å². The van der Waals surface area contributed by atoms with E-state index in [0.29, 0.717) is 5.56 Å². The van der Waals surface area contributed by atoms with E-state index in [0.717, 1.165) is 17.0 Å². The van der Waals surface area contributed by atoms with E-state index < -0.39 is 248 Å². The molecular weight excluding hydrogens is 1340 g/mol. The zero-order valence-electron chi connectivity index (χ0n) is 55.5. The van der Waals surface area contributed by atoms with Crippen molar-refractivity contribution in [2.24, 2.45) is 23.3 Å². The minimum absolute atomic E-state index is 0.0640. The Bertz CT molecular complexity index is 3400. The van der Waals surface area contributed by atoms with Gasteiger partial charge in [0.25, 0.3) is 0 Å². The Morgan fingerprint density at radius 2 is 0.960 bits per heavy atom. The molecule has 38 heteroatoms. The van der Waals surface area contributed by atoms with E-state index >= 15 is 0 Å². The molecule has 1 saturated heterocycles. The summed E-state index contributed by atoms with van der Waals surface area (Å²) < 4.78 is 36.4. The van der Waals surface area contributed by atoms with E-state index in [-0.39, 0.29) is 50.1 Å². The van der Waals surface area contributed by atoms with Crippen LogP contribution in [0.4, 0.5) is 0 Å². The van der Waals surface area contributed by atoms with E-state index in [9.17, 15) is 115 Å². The van der Waals surface area contributed by atoms with Crippen molar-refractivity contribution < 1.29 is 119 Å². The highest BCUT2D eigenvalue weighted by molar-refractivity contribution is 7.81. The average molecular weight is 1430 g/mol. The van der Waals surface area contributed by atoms with Crippen LogP contribution >= 0.6 is 0 Å². The first kappa shape index (κ1) is 83.9. The Kier molecular flexibility index (Phi) is 34.0. The van der Waals surface area contributed by atoms with Crippen molar-refractivity contribution in [1.82, 2.24) is 52.8 Å². The van der Waals surface area contributed by atoms with Crippen LogP contribution in [0.5, 0.6) is 5.75 Å². The number of rotatable bonds is 44. The monoisotopic (exact) mass is 1430 g/mol. The molecule has 1 aliphatic heterocycles. The Hall–Kier alpha value is -10.4. The number of hydrogen-bond donors (Lipinski definition) is 17. The number of likely N-dealkylation sites (tertiary alicyclic amines) is 1. The van der Waals surface area contributed by atoms with E-state index in [4.69, 9.17) is 11.5 Å². The first-order valence-corrected chi connectivity index (χ1v) is 33.1. The Morgan fingerprint density at radius 3 is 1.42 bits per heavy atom. The smallest absolute Gasteiger partial charge is 0.446 e. The van der Waals surface area contributed by atoms with Crippen LogP contribution in [0.2, 0.25) is 0 Å². The third-order valence-electron chi connectivity index (χ3n) is 15.7. The molecule has 12 atom stereocenters. The van der Waals surface area contributed by atoms with Crippen LogP contribution < -0.4 is 63.5 Å². The van der Waals surface area contributed by atoms with Crippen molar-refractivity contribution in [3.05, 3.63) is 65.7 Å². The van der Waals surface area contributed by atoms with E-state index in [2.05, 4.69) is 52.0 Å². The molecule has 100 heavy (non-hydrogen) atoms. The number of carbonyl (C=O) groups excluding carboxylic acids is 11. The minimum atomic E-state index is -5.01. The van der Waals surface area contributed by atoms with Crippen LogP contribution in [-0.4, -0.2) is 211 Å². The summed E-state index contributed by atoms with van der Waals surface area (Å²) in [6, 6.07) is -5.31. The molecule has 2 aromatic rings. The highest BCUT2D eigenvalue weighted by atomic mass is 32.3. The molecule has 0 spiro atoms. The summed E-state index contributed by atoms with van der Waals surface area (Å²) in [5.74, 6) is -20.4. The maximum atomic E-state index is 14.6. The molecule has 0 aromatic heterocycles. The normalized spacial score (nSPS) is 16.0. The van der Waals surface area contributed by atoms with E-state index in [1.807, 2.05) is 0 Å². The lowest BCUT2D eigenvalue weighted by molar-refractivity contribution is -0.144. The number of nitrogens with two attached hydrogens (primary N) is 2. The molecule has 3 rings (SSSR count). The highest BCUT2D eigenvalue weighted by Crippen LogP contribution is 2.23. The third-order valence-corrected chi connectivity index (χ3v) is 16.1. The topological polar surface area (TPSA) is 601 Å². The average Bonchev–Trinajstić information content (AvgIpc) is 1.57. The number of nitrogens with one attached hydrogen (secondary N) is 9. The van der Waals surface area contributed by atoms with Crippen molar-refractivity contribution in [3.63, 3.8) is 0 Å². The van der Waals surface area contributed by atoms with Gasteiger partial charge in [0.1, 0.15) is 66.2 Å². The number of carboxylic acids is 5. The summed E-state index contributed by atoms with van der Waals surface area (Å²) in [6.07, 6.45) is -6.57. The quantitative estimate of drug-likeness (QED) is 0.0292. The number of aliphatic carboxylic acids is 5. The van der Waals surface area contributed by atoms with Crippen molar-refractivity contribution >= 4 is 105 Å². The number of amides is 11. The number of nitrogens with zero attached hydrogens (tertiary/aromatic N) is 1. The van der Waals surface area contributed by atoms with Gasteiger partial charge in [0, 0.05) is 45.1 Å². The summed E-state index contributed by atoms with van der Waals surface area (Å²) in [6.45, 7) is 7.61. The number of hydrogen-bond acceptors (Lipinski definition) is 20. The standard InChI is InChI=1S/C62H88N12O25S/c1-6-32(4)51(73-52(84)33(5)65-54(86)38(19-23-47(76)77)67-58(90)43(28-34-11-8-7-9-12-34)70-53(85)37(63)30-50(82)83)61(93)74-26-10-13-45(74)60(92)68-40(21-25-49(80)81)55(87)66-39(20-24-48(78)79)56(88)72-44(29-35-14-16-36(17-15-35)99-100(96,97)98)59(91)71-42(27-31(2)3)57(89)69-41(62(94)95)18-22-46(64)75/h7-9,11-12,14-17,31-33,37-45,51H,6,10,13,18-30,63H2,1-5H3,(H2,64,75)(H,65,86)(H,66,87)(H,67,90)(H,68,92)(H,69,89)(H,70,85)(H,71,91)(H,72,88)(H,73,84)(H,76,77)(H,78,79)(H,80,81)(H,82,83)(H,94,95)(H,96,97,98)/t32-,33-,37-,38-,39-,40-,41-,42-,43-,44-,45-,51-/m0/s1. The van der Waals surface area contributed by atoms with Gasteiger partial charge in [0.05, 0.1) is 12.5 Å². The molecule has 2 aromatic carbocycles. The predicted octanol–water partition coefficient (Wildman–Crippen LogP) is -3.13. The summed E-state index contributed by atoms with van der Waals surface area (Å²) in [7, 11) is -5.01. The second kappa shape index (κ2) is 40.5. The number of carboxylic acid groups (broad SMARTS) is 5. The Labute approximate surface area is 574 Å². The molecule has 552 valence electrons. The third kappa shape index (κ3) is 29.8. The molecule has 0 saturated carbocycles. The summed E-state index contributed by atoms with van der Waals surface area (Å²) in [4.78, 5) is 212. The van der Waals surface area contributed by atoms with Crippen LogP contribution in [0.3, 0.4) is 0 Å². The van der Waals surface area contributed by atoms with Crippen LogP contribution in [0.1, 0.15) is 129 Å². The lowest BCUT2D eigenvalue weighted by Crippen LogP contribution is -2.61. The van der Waals surface area contributed by atoms with Gasteiger partial charge in [-0.3, -0.25) is 76.5 Å². The number of carbonyl (C=O) groups is 16. The summed E-state index contributed by atoms with van der Waals surface area (Å²) >= 11 is 0. The summed E-state index contributed by atoms with van der Waals surface area (Å²) in [5.41, 5.74) is 11.6. The minimum Gasteiger partial charge on any atom is -0.481 e. The molecule has 19 N–H and O–H groups in total. The largest absolute Gasteiger partial charge is 0.481 e. The molecule has 11 amide bonds. The lowest BCUT2D eigenvalue weighted by atomic mass is 9.97. The molecule has 1 fully saturated rings. The fourth-order valence-electron chi connectivity index (χ4n) is 10.2. The van der Waals surface area contributed by atoms with Crippen molar-refractivity contribution in [2.75, 3.05) is 6.54 Å². The SMILES string of the molecule is CC[C@H](C)[C@H](NC(=O)[C@H](C)NC(=O)[C@H](CCC(=O)O)NC(=O)[C@H](Cc1ccccc1)NC(=O)[C@@H](N)CC(=O)O)C(=O)N1CCC[C@H]1C(=O)N[C@@H](CCC(=O)O)C(=O)N[C@@H](CCC(=O)O)C(=O)N[C@@H](Cc1ccc(OS(=O)(=O)O)cc1)C(=O)N[C@@H](CC(C)C)C(=O)N[C@@H](CCC(N)=O)C(=O)O. The molecule has 0 unspecified atom stereocenters. The van der Waals surface area contributed by atoms with Gasteiger partial charge in [0.15, 0.2) is 0 Å². The molecule has 0 radical (unpaired) electrons. The van der Waals surface area contributed by atoms with Gasteiger partial charge in [-0.1, -0.05) is 76.6 Å². The predicted molar refractivity (Wildman–Crippen MR) is 346 cm³/mol. The maximum absolute atomic E-state index is 14.6. The van der Waals surface area contributed by atoms with Crippen molar-refractivity contribution in [2.45, 2.75) is 197 Å². The van der Waals surface area contributed by atoms with Gasteiger partial charge in [0.2, 0.25) is 65.0 Å². The van der Waals surface area contributed by atoms with E-state index in [1.165, 1.54) is 19.1 Å². The van der Waals surface area contributed by atoms with Gasteiger partial charge in [-0.2, -0.15) is 8.42 Å². The van der Waals surface area contributed by atoms with Crippen molar-refractivity contribution in [3.8, 4) is 5.75 Å². The molecule has 0 aliphatic carbocycles. The van der Waals surface area contributed by atoms with Crippen LogP contribution in [-0.2, 0) is 100.0 Å². The Morgan fingerprint density at radius 1 is 0.530 bits per heavy atom. The van der Waals surface area contributed by atoms with Gasteiger partial charge >= 0.3 is 40.2 Å². The fourth-order valence-corrected chi connectivity index (χ4v) is 10.5. The first-order valence-electron chi connectivity index (χ1n) is 31.8. The second-order valence-electron chi connectivity index (χ2n) is 24.2. The highest BCUT2D eigenvalue weighted by Gasteiger charge is 2.42. The summed E-state index contributed by atoms with van der Waals surface area (Å²) in [5, 5.41) is 69.5. The molecule has 0 bridgehead atoms. The van der Waals surface area contributed by atoms with E-state index in [1.54, 1.807) is 58.0 Å². The zero-order valence-corrected chi connectivity index (χ0v) is 56.3. The zero-order chi connectivity index (χ0) is 75.3. The number of primary amides is 1. The van der Waals surface area contributed by atoms with Gasteiger partial charge in [-0.25, -0.2) is 4.79 Å². The van der Waals surface area contributed by atoms with Crippen molar-refractivity contribution in [1.29, 1.82) is 0 Å². The second-order valence-corrected chi connectivity index (χ2v) is 25.3. The van der Waals surface area contributed by atoms with Crippen LogP contribution in [0, 0.1) is 11.8 Å². The van der Waals surface area contributed by atoms with Gasteiger partial charge in [-0.05, 0) is 87.0 Å². The lowest BCUT2D eigenvalue weighted by Gasteiger charge is -2.33. The molecule has 1 aliphatic rings. The number of benzene rings is 2. The molecule has 1 heterocycles. The maximum Gasteiger partial charge on any atom is 0.446 e. The molecule has 37 nitrogen and oxygen atoms in total. The molecular formula is C62H88N12O25S. The van der Waals surface area contributed by atoms with Gasteiger partial charge < -0.3 is 93.9 Å². The van der Waals surface area contributed by atoms with Crippen LogP contribution in [0.25, 0.3) is 0 Å².